The van der Waals surface area contributed by atoms with Crippen LogP contribution in [0, 0.1) is 0 Å². The van der Waals surface area contributed by atoms with Crippen LogP contribution in [-0.2, 0) is 6.61 Å². The van der Waals surface area contributed by atoms with Crippen molar-refractivity contribution >= 4 is 5.91 Å². The minimum atomic E-state index is -0.246. The van der Waals surface area contributed by atoms with E-state index in [1.165, 1.54) is 14.2 Å². The molecule has 0 aromatic heterocycles. The highest BCUT2D eigenvalue weighted by Crippen LogP contribution is 2.39. The molecule has 0 heterocycles. The van der Waals surface area contributed by atoms with Crippen LogP contribution in [-0.4, -0.2) is 32.7 Å². The van der Waals surface area contributed by atoms with Crippen molar-refractivity contribution in [2.24, 2.45) is 5.73 Å². The monoisotopic (exact) mass is 344 g/mol. The molecule has 2 aromatic carbocycles. The molecular weight excluding hydrogens is 320 g/mol. The zero-order valence-corrected chi connectivity index (χ0v) is 14.7. The molecule has 0 aliphatic rings. The van der Waals surface area contributed by atoms with Crippen molar-refractivity contribution in [3.63, 3.8) is 0 Å². The van der Waals surface area contributed by atoms with Crippen molar-refractivity contribution in [1.29, 1.82) is 0 Å². The lowest BCUT2D eigenvalue weighted by Gasteiger charge is -2.17. The number of carbonyl (C=O) groups excluding carboxylic acids is 1. The quantitative estimate of drug-likeness (QED) is 0.768. The summed E-state index contributed by atoms with van der Waals surface area (Å²) in [4.78, 5) is 12.3. The molecule has 0 saturated heterocycles. The van der Waals surface area contributed by atoms with Crippen LogP contribution in [0.1, 0.15) is 22.8 Å². The summed E-state index contributed by atoms with van der Waals surface area (Å²) in [6.45, 7) is 2.56. The first-order valence-corrected chi connectivity index (χ1v) is 8.02. The number of benzene rings is 2. The van der Waals surface area contributed by atoms with Crippen LogP contribution in [0.2, 0.25) is 0 Å². The van der Waals surface area contributed by atoms with Crippen LogP contribution < -0.4 is 25.3 Å². The molecule has 0 unspecified atom stereocenters. The predicted molar refractivity (Wildman–Crippen MR) is 96.3 cm³/mol. The lowest BCUT2D eigenvalue weighted by molar-refractivity contribution is 0.0940. The van der Waals surface area contributed by atoms with Crippen LogP contribution in [0.4, 0.5) is 0 Å². The second-order valence-electron chi connectivity index (χ2n) is 5.59. The van der Waals surface area contributed by atoms with E-state index in [-0.39, 0.29) is 11.9 Å². The molecular formula is C19H24N2O4. The number of nitrogens with two attached hydrogens (primary N) is 1. The van der Waals surface area contributed by atoms with Crippen LogP contribution in [0.15, 0.2) is 42.5 Å². The standard InChI is InChI=1S/C19H24N2O4/c1-13(11-20)21-19(22)15-9-16(23-2)18(17(10-15)24-3)25-12-14-7-5-4-6-8-14/h4-10,13H,11-12,20H2,1-3H3,(H,21,22)/t13-/m0/s1. The van der Waals surface area contributed by atoms with Gasteiger partial charge >= 0.3 is 0 Å². The van der Waals surface area contributed by atoms with Crippen LogP contribution in [0.25, 0.3) is 0 Å². The Labute approximate surface area is 147 Å². The van der Waals surface area contributed by atoms with E-state index in [9.17, 15) is 4.79 Å². The second-order valence-corrected chi connectivity index (χ2v) is 5.59. The first-order chi connectivity index (χ1) is 12.1. The molecule has 0 aliphatic heterocycles. The van der Waals surface area contributed by atoms with Gasteiger partial charge in [-0.05, 0) is 24.6 Å². The highest BCUT2D eigenvalue weighted by Gasteiger charge is 2.18. The number of ether oxygens (including phenoxy) is 3. The lowest BCUT2D eigenvalue weighted by atomic mass is 10.1. The maximum Gasteiger partial charge on any atom is 0.251 e. The highest BCUT2D eigenvalue weighted by atomic mass is 16.5. The summed E-state index contributed by atoms with van der Waals surface area (Å²) in [7, 11) is 3.04. The molecule has 3 N–H and O–H groups in total. The van der Waals surface area contributed by atoms with Gasteiger partial charge in [0.15, 0.2) is 11.5 Å². The van der Waals surface area contributed by atoms with Gasteiger partial charge in [-0.3, -0.25) is 4.79 Å². The van der Waals surface area contributed by atoms with E-state index < -0.39 is 0 Å². The molecule has 6 heteroatoms. The van der Waals surface area contributed by atoms with Gasteiger partial charge in [0.05, 0.1) is 14.2 Å². The summed E-state index contributed by atoms with van der Waals surface area (Å²) >= 11 is 0. The topological polar surface area (TPSA) is 82.8 Å². The molecule has 0 radical (unpaired) electrons. The third kappa shape index (κ3) is 4.87. The minimum Gasteiger partial charge on any atom is -0.493 e. The number of carbonyl (C=O) groups is 1. The van der Waals surface area contributed by atoms with Crippen molar-refractivity contribution in [2.45, 2.75) is 19.6 Å². The van der Waals surface area contributed by atoms with Crippen molar-refractivity contribution in [3.05, 3.63) is 53.6 Å². The molecule has 134 valence electrons. The fourth-order valence-corrected chi connectivity index (χ4v) is 2.25. The fraction of sp³-hybridized carbons (Fsp3) is 0.316. The highest BCUT2D eigenvalue weighted by molar-refractivity contribution is 5.95. The molecule has 6 nitrogen and oxygen atoms in total. The first-order valence-electron chi connectivity index (χ1n) is 8.02. The Morgan fingerprint density at radius 1 is 1.12 bits per heavy atom. The maximum absolute atomic E-state index is 12.3. The van der Waals surface area contributed by atoms with E-state index in [1.807, 2.05) is 37.3 Å². The second kappa shape index (κ2) is 8.94. The maximum atomic E-state index is 12.3. The molecule has 25 heavy (non-hydrogen) atoms. The van der Waals surface area contributed by atoms with E-state index in [1.54, 1.807) is 12.1 Å². The Kier molecular flexibility index (Phi) is 6.65. The van der Waals surface area contributed by atoms with Gasteiger partial charge in [-0.2, -0.15) is 0 Å². The molecule has 0 spiro atoms. The molecule has 0 fully saturated rings. The summed E-state index contributed by atoms with van der Waals surface area (Å²) < 4.78 is 16.6. The number of hydrogen-bond acceptors (Lipinski definition) is 5. The van der Waals surface area contributed by atoms with Crippen molar-refractivity contribution in [1.82, 2.24) is 5.32 Å². The van der Waals surface area contributed by atoms with Gasteiger partial charge in [-0.15, -0.1) is 0 Å². The van der Waals surface area contributed by atoms with Crippen molar-refractivity contribution in [2.75, 3.05) is 20.8 Å². The Hall–Kier alpha value is -2.73. The SMILES string of the molecule is COc1cc(C(=O)N[C@@H](C)CN)cc(OC)c1OCc1ccccc1. The summed E-state index contributed by atoms with van der Waals surface area (Å²) in [5, 5.41) is 2.81. The van der Waals surface area contributed by atoms with Crippen LogP contribution in [0.5, 0.6) is 17.2 Å². The fourth-order valence-electron chi connectivity index (χ4n) is 2.25. The zero-order chi connectivity index (χ0) is 18.2. The molecule has 0 aliphatic carbocycles. The van der Waals surface area contributed by atoms with Gasteiger partial charge in [-0.1, -0.05) is 30.3 Å². The van der Waals surface area contributed by atoms with E-state index in [0.717, 1.165) is 5.56 Å². The molecule has 0 saturated carbocycles. The number of methoxy groups -OCH3 is 2. The van der Waals surface area contributed by atoms with Gasteiger partial charge in [0.1, 0.15) is 6.61 Å². The normalized spacial score (nSPS) is 11.5. The van der Waals surface area contributed by atoms with Gasteiger partial charge in [-0.25, -0.2) is 0 Å². The molecule has 1 atom stereocenters. The Bertz CT molecular complexity index is 679. The Morgan fingerprint density at radius 3 is 2.24 bits per heavy atom. The van der Waals surface area contributed by atoms with E-state index in [4.69, 9.17) is 19.9 Å². The van der Waals surface area contributed by atoms with E-state index in [0.29, 0.717) is 36.0 Å². The van der Waals surface area contributed by atoms with E-state index >= 15 is 0 Å². The smallest absolute Gasteiger partial charge is 0.251 e. The summed E-state index contributed by atoms with van der Waals surface area (Å²) in [6.07, 6.45) is 0. The zero-order valence-electron chi connectivity index (χ0n) is 14.7. The molecule has 2 aromatic rings. The number of rotatable bonds is 8. The van der Waals surface area contributed by atoms with Crippen molar-refractivity contribution in [3.8, 4) is 17.2 Å². The lowest BCUT2D eigenvalue weighted by Crippen LogP contribution is -2.37. The third-order valence-corrected chi connectivity index (χ3v) is 3.68. The average molecular weight is 344 g/mol. The van der Waals surface area contributed by atoms with Gasteiger partial charge in [0.2, 0.25) is 5.75 Å². The van der Waals surface area contributed by atoms with Crippen LogP contribution >= 0.6 is 0 Å². The van der Waals surface area contributed by atoms with Gasteiger partial charge < -0.3 is 25.3 Å². The Balaban J connectivity index is 2.26. The Morgan fingerprint density at radius 2 is 1.72 bits per heavy atom. The predicted octanol–water partition coefficient (Wildman–Crippen LogP) is 2.36. The molecule has 0 bridgehead atoms. The number of hydrogen-bond donors (Lipinski definition) is 2. The molecule has 2 rings (SSSR count). The van der Waals surface area contributed by atoms with Crippen molar-refractivity contribution < 1.29 is 19.0 Å². The average Bonchev–Trinajstić information content (AvgIpc) is 2.66. The van der Waals surface area contributed by atoms with Gasteiger partial charge in [0, 0.05) is 18.2 Å². The largest absolute Gasteiger partial charge is 0.493 e. The number of nitrogens with one attached hydrogen (secondary N) is 1. The first kappa shape index (κ1) is 18.6. The number of amides is 1. The molecule has 1 amide bonds. The summed E-state index contributed by atoms with van der Waals surface area (Å²) in [5.74, 6) is 1.07. The summed E-state index contributed by atoms with van der Waals surface area (Å²) in [6, 6.07) is 12.9. The summed E-state index contributed by atoms with van der Waals surface area (Å²) in [5.41, 5.74) is 6.98. The minimum absolute atomic E-state index is 0.126. The third-order valence-electron chi connectivity index (χ3n) is 3.68. The van der Waals surface area contributed by atoms with Gasteiger partial charge in [0.25, 0.3) is 5.91 Å². The van der Waals surface area contributed by atoms with Crippen LogP contribution in [0.3, 0.4) is 0 Å². The van der Waals surface area contributed by atoms with E-state index in [2.05, 4.69) is 5.32 Å².